The SMILES string of the molecule is CCC(Nc1cc(C)nc(C)c1C(N)=O)C(=O)O. The fourth-order valence-corrected chi connectivity index (χ4v) is 1.78. The molecule has 0 aliphatic carbocycles. The number of rotatable bonds is 5. The molecule has 6 nitrogen and oxygen atoms in total. The fraction of sp³-hybridized carbons (Fsp3) is 0.417. The van der Waals surface area contributed by atoms with Gasteiger partial charge in [-0.2, -0.15) is 0 Å². The molecule has 1 amide bonds. The lowest BCUT2D eigenvalue weighted by Crippen LogP contribution is -2.30. The van der Waals surface area contributed by atoms with Crippen LogP contribution in [0.3, 0.4) is 0 Å². The van der Waals surface area contributed by atoms with E-state index in [4.69, 9.17) is 10.8 Å². The zero-order valence-corrected chi connectivity index (χ0v) is 10.7. The Morgan fingerprint density at radius 1 is 1.50 bits per heavy atom. The van der Waals surface area contributed by atoms with Crippen molar-refractivity contribution in [2.45, 2.75) is 33.2 Å². The number of anilines is 1. The number of carboxylic acids is 1. The van der Waals surface area contributed by atoms with Gasteiger partial charge in [-0.25, -0.2) is 4.79 Å². The summed E-state index contributed by atoms with van der Waals surface area (Å²) >= 11 is 0. The van der Waals surface area contributed by atoms with Crippen LogP contribution >= 0.6 is 0 Å². The predicted molar refractivity (Wildman–Crippen MR) is 67.6 cm³/mol. The maximum absolute atomic E-state index is 11.4. The third kappa shape index (κ3) is 2.97. The highest BCUT2D eigenvalue weighted by Crippen LogP contribution is 2.20. The highest BCUT2D eigenvalue weighted by Gasteiger charge is 2.19. The topological polar surface area (TPSA) is 105 Å². The Kier molecular flexibility index (Phi) is 4.25. The molecule has 6 heteroatoms. The molecule has 98 valence electrons. The average molecular weight is 251 g/mol. The normalized spacial score (nSPS) is 11.9. The number of nitrogens with one attached hydrogen (secondary N) is 1. The van der Waals surface area contributed by atoms with Gasteiger partial charge in [-0.05, 0) is 26.3 Å². The van der Waals surface area contributed by atoms with E-state index in [1.54, 1.807) is 26.8 Å². The van der Waals surface area contributed by atoms with E-state index in [0.29, 0.717) is 23.5 Å². The van der Waals surface area contributed by atoms with E-state index in [0.717, 1.165) is 0 Å². The molecule has 0 bridgehead atoms. The summed E-state index contributed by atoms with van der Waals surface area (Å²) in [5.41, 5.74) is 7.13. The van der Waals surface area contributed by atoms with Crippen LogP contribution < -0.4 is 11.1 Å². The monoisotopic (exact) mass is 251 g/mol. The molecule has 0 spiro atoms. The van der Waals surface area contributed by atoms with Gasteiger partial charge in [-0.1, -0.05) is 6.92 Å². The minimum atomic E-state index is -0.972. The van der Waals surface area contributed by atoms with Crippen LogP contribution in [0.25, 0.3) is 0 Å². The number of carbonyl (C=O) groups is 2. The maximum Gasteiger partial charge on any atom is 0.326 e. The van der Waals surface area contributed by atoms with Crippen molar-refractivity contribution in [3.63, 3.8) is 0 Å². The second kappa shape index (κ2) is 5.48. The van der Waals surface area contributed by atoms with Crippen LogP contribution in [0.2, 0.25) is 0 Å². The number of nitrogens with two attached hydrogens (primary N) is 1. The number of amides is 1. The smallest absolute Gasteiger partial charge is 0.326 e. The van der Waals surface area contributed by atoms with E-state index < -0.39 is 17.9 Å². The van der Waals surface area contributed by atoms with Gasteiger partial charge >= 0.3 is 5.97 Å². The van der Waals surface area contributed by atoms with Gasteiger partial charge in [-0.15, -0.1) is 0 Å². The molecule has 1 aromatic rings. The molecule has 0 radical (unpaired) electrons. The van der Waals surface area contributed by atoms with Gasteiger partial charge in [0.2, 0.25) is 0 Å². The number of pyridine rings is 1. The molecular formula is C12H17N3O3. The molecule has 1 unspecified atom stereocenters. The minimum absolute atomic E-state index is 0.236. The molecule has 0 aromatic carbocycles. The van der Waals surface area contributed by atoms with Gasteiger partial charge in [0, 0.05) is 5.69 Å². The van der Waals surface area contributed by atoms with Gasteiger partial charge in [0.05, 0.1) is 16.9 Å². The van der Waals surface area contributed by atoms with Crippen molar-refractivity contribution in [1.29, 1.82) is 0 Å². The molecule has 0 fully saturated rings. The van der Waals surface area contributed by atoms with Crippen molar-refractivity contribution in [2.75, 3.05) is 5.32 Å². The van der Waals surface area contributed by atoms with E-state index in [9.17, 15) is 9.59 Å². The van der Waals surface area contributed by atoms with E-state index in [-0.39, 0.29) is 5.56 Å². The molecule has 1 rings (SSSR count). The number of nitrogens with zero attached hydrogens (tertiary/aromatic N) is 1. The number of hydrogen-bond acceptors (Lipinski definition) is 4. The van der Waals surface area contributed by atoms with Gasteiger partial charge in [0.15, 0.2) is 0 Å². The molecule has 4 N–H and O–H groups in total. The zero-order valence-electron chi connectivity index (χ0n) is 10.7. The zero-order chi connectivity index (χ0) is 13.9. The Morgan fingerprint density at radius 2 is 2.11 bits per heavy atom. The largest absolute Gasteiger partial charge is 0.480 e. The third-order valence-electron chi connectivity index (χ3n) is 2.61. The van der Waals surface area contributed by atoms with Gasteiger partial charge in [0.1, 0.15) is 6.04 Å². The Balaban J connectivity index is 3.22. The second-order valence-corrected chi connectivity index (χ2v) is 4.08. The standard InChI is InChI=1S/C12H17N3O3/c1-4-8(12(17)18)15-9-5-6(2)14-7(3)10(9)11(13)16/h5,8H,4H2,1-3H3,(H2,13,16)(H,14,15)(H,17,18). The Hall–Kier alpha value is -2.11. The first-order valence-corrected chi connectivity index (χ1v) is 5.64. The number of carbonyl (C=O) groups excluding carboxylic acids is 1. The van der Waals surface area contributed by atoms with E-state index >= 15 is 0 Å². The van der Waals surface area contributed by atoms with Crippen LogP contribution in [-0.4, -0.2) is 28.0 Å². The predicted octanol–water partition coefficient (Wildman–Crippen LogP) is 1.07. The molecule has 1 aromatic heterocycles. The summed E-state index contributed by atoms with van der Waals surface area (Å²) < 4.78 is 0. The Labute approximate surface area is 105 Å². The molecular weight excluding hydrogens is 234 g/mol. The van der Waals surface area contributed by atoms with Gasteiger partial charge in [-0.3, -0.25) is 9.78 Å². The summed E-state index contributed by atoms with van der Waals surface area (Å²) in [6.45, 7) is 5.18. The lowest BCUT2D eigenvalue weighted by molar-refractivity contribution is -0.137. The van der Waals surface area contributed by atoms with Crippen molar-refractivity contribution in [3.05, 3.63) is 23.0 Å². The number of aromatic nitrogens is 1. The number of aliphatic carboxylic acids is 1. The third-order valence-corrected chi connectivity index (χ3v) is 2.61. The molecule has 0 saturated heterocycles. The highest BCUT2D eigenvalue weighted by atomic mass is 16.4. The van der Waals surface area contributed by atoms with E-state index in [1.807, 2.05) is 0 Å². The Bertz CT molecular complexity index is 486. The van der Waals surface area contributed by atoms with Crippen molar-refractivity contribution >= 4 is 17.6 Å². The minimum Gasteiger partial charge on any atom is -0.480 e. The van der Waals surface area contributed by atoms with Crippen LogP contribution in [0.4, 0.5) is 5.69 Å². The van der Waals surface area contributed by atoms with Crippen LogP contribution in [0.15, 0.2) is 6.07 Å². The summed E-state index contributed by atoms with van der Waals surface area (Å²) in [5, 5.41) is 11.8. The van der Waals surface area contributed by atoms with Crippen LogP contribution in [0.5, 0.6) is 0 Å². The Morgan fingerprint density at radius 3 is 2.56 bits per heavy atom. The number of hydrogen-bond donors (Lipinski definition) is 3. The first-order chi connectivity index (χ1) is 8.36. The van der Waals surface area contributed by atoms with Crippen LogP contribution in [-0.2, 0) is 4.79 Å². The van der Waals surface area contributed by atoms with Crippen molar-refractivity contribution in [2.24, 2.45) is 5.73 Å². The average Bonchev–Trinajstić information content (AvgIpc) is 2.23. The molecule has 0 aliphatic rings. The lowest BCUT2D eigenvalue weighted by atomic mass is 10.1. The molecule has 1 heterocycles. The van der Waals surface area contributed by atoms with Crippen LogP contribution in [0.1, 0.15) is 35.1 Å². The summed E-state index contributed by atoms with van der Waals surface area (Å²) in [6, 6.07) is 0.864. The van der Waals surface area contributed by atoms with E-state index in [1.165, 1.54) is 0 Å². The second-order valence-electron chi connectivity index (χ2n) is 4.08. The number of primary amides is 1. The fourth-order valence-electron chi connectivity index (χ4n) is 1.78. The summed E-state index contributed by atoms with van der Waals surface area (Å²) in [7, 11) is 0. The first-order valence-electron chi connectivity index (χ1n) is 5.64. The number of carboxylic acid groups (broad SMARTS) is 1. The summed E-state index contributed by atoms with van der Waals surface area (Å²) in [6.07, 6.45) is 0.397. The van der Waals surface area contributed by atoms with E-state index in [2.05, 4.69) is 10.3 Å². The summed E-state index contributed by atoms with van der Waals surface area (Å²) in [5.74, 6) is -1.59. The van der Waals surface area contributed by atoms with Crippen LogP contribution in [0, 0.1) is 13.8 Å². The number of aryl methyl sites for hydroxylation is 2. The van der Waals surface area contributed by atoms with Crippen molar-refractivity contribution < 1.29 is 14.7 Å². The maximum atomic E-state index is 11.4. The quantitative estimate of drug-likeness (QED) is 0.726. The highest BCUT2D eigenvalue weighted by molar-refractivity contribution is 6.00. The van der Waals surface area contributed by atoms with Gasteiger partial charge < -0.3 is 16.2 Å². The molecule has 1 atom stereocenters. The van der Waals surface area contributed by atoms with Gasteiger partial charge in [0.25, 0.3) is 5.91 Å². The summed E-state index contributed by atoms with van der Waals surface area (Å²) in [4.78, 5) is 26.5. The molecule has 0 aliphatic heterocycles. The lowest BCUT2D eigenvalue weighted by Gasteiger charge is -2.17. The first kappa shape index (κ1) is 14.0. The van der Waals surface area contributed by atoms with Crippen molar-refractivity contribution in [3.8, 4) is 0 Å². The molecule has 18 heavy (non-hydrogen) atoms. The van der Waals surface area contributed by atoms with Crippen molar-refractivity contribution in [1.82, 2.24) is 4.98 Å². The molecule has 0 saturated carbocycles.